The van der Waals surface area contributed by atoms with Crippen LogP contribution in [0.4, 0.5) is 0 Å². The Bertz CT molecular complexity index is 601. The number of amides is 1. The molecular formula is C12H16ClN5O. The number of hydrogen-bond donors (Lipinski definition) is 1. The van der Waals surface area contributed by atoms with Crippen molar-refractivity contribution in [3.05, 3.63) is 34.4 Å². The van der Waals surface area contributed by atoms with Crippen molar-refractivity contribution in [1.29, 1.82) is 0 Å². The lowest BCUT2D eigenvalue weighted by Gasteiger charge is -2.03. The Labute approximate surface area is 116 Å². The number of carbonyl (C=O) groups is 1. The predicted molar refractivity (Wildman–Crippen MR) is 72.0 cm³/mol. The quantitative estimate of drug-likeness (QED) is 0.924. The van der Waals surface area contributed by atoms with Gasteiger partial charge in [-0.05, 0) is 13.8 Å². The summed E-state index contributed by atoms with van der Waals surface area (Å²) >= 11 is 6.04. The molecule has 1 amide bonds. The molecule has 0 aliphatic heterocycles. The zero-order chi connectivity index (χ0) is 14.0. The highest BCUT2D eigenvalue weighted by Gasteiger charge is 2.14. The minimum absolute atomic E-state index is 0.173. The van der Waals surface area contributed by atoms with Crippen molar-refractivity contribution in [1.82, 2.24) is 24.9 Å². The molecule has 0 aliphatic carbocycles. The van der Waals surface area contributed by atoms with Crippen LogP contribution in [-0.2, 0) is 20.1 Å². The number of carbonyl (C=O) groups excluding carboxylic acids is 1. The van der Waals surface area contributed by atoms with Crippen LogP contribution in [0.3, 0.4) is 0 Å². The molecule has 2 rings (SSSR count). The molecule has 0 saturated heterocycles. The largest absolute Gasteiger partial charge is 0.346 e. The molecule has 0 unspecified atom stereocenters. The van der Waals surface area contributed by atoms with Gasteiger partial charge in [0.05, 0.1) is 23.3 Å². The van der Waals surface area contributed by atoms with Crippen LogP contribution in [0.25, 0.3) is 0 Å². The first kappa shape index (κ1) is 13.6. The van der Waals surface area contributed by atoms with E-state index in [4.69, 9.17) is 11.6 Å². The van der Waals surface area contributed by atoms with Crippen molar-refractivity contribution in [3.8, 4) is 0 Å². The molecule has 6 nitrogen and oxygen atoms in total. The summed E-state index contributed by atoms with van der Waals surface area (Å²) in [7, 11) is 1.80. The smallest absolute Gasteiger partial charge is 0.255 e. The highest BCUT2D eigenvalue weighted by Crippen LogP contribution is 2.14. The van der Waals surface area contributed by atoms with Crippen LogP contribution in [0, 0.1) is 6.92 Å². The maximum Gasteiger partial charge on any atom is 0.255 e. The summed E-state index contributed by atoms with van der Waals surface area (Å²) in [6.45, 7) is 4.87. The molecule has 1 N–H and O–H groups in total. The lowest BCUT2D eigenvalue weighted by atomic mass is 10.2. The summed E-state index contributed by atoms with van der Waals surface area (Å²) in [5.74, 6) is -0.173. The van der Waals surface area contributed by atoms with E-state index in [1.165, 1.54) is 0 Å². The second-order valence-electron chi connectivity index (χ2n) is 4.23. The van der Waals surface area contributed by atoms with Gasteiger partial charge in [0.15, 0.2) is 0 Å². The van der Waals surface area contributed by atoms with Gasteiger partial charge in [-0.15, -0.1) is 0 Å². The van der Waals surface area contributed by atoms with E-state index in [2.05, 4.69) is 15.5 Å². The molecule has 0 atom stereocenters. The van der Waals surface area contributed by atoms with Crippen molar-refractivity contribution >= 4 is 17.5 Å². The Morgan fingerprint density at radius 3 is 2.79 bits per heavy atom. The van der Waals surface area contributed by atoms with Gasteiger partial charge in [0, 0.05) is 25.5 Å². The molecule has 2 aromatic rings. The van der Waals surface area contributed by atoms with Crippen LogP contribution in [0.1, 0.15) is 28.7 Å². The van der Waals surface area contributed by atoms with Crippen LogP contribution in [0.2, 0.25) is 5.02 Å². The average molecular weight is 282 g/mol. The monoisotopic (exact) mass is 281 g/mol. The molecule has 0 aromatic carbocycles. The first-order chi connectivity index (χ1) is 9.02. The molecule has 0 spiro atoms. The van der Waals surface area contributed by atoms with Gasteiger partial charge >= 0.3 is 0 Å². The zero-order valence-corrected chi connectivity index (χ0v) is 11.9. The molecule has 0 aliphatic rings. The fraction of sp³-hybridized carbons (Fsp3) is 0.417. The Hall–Kier alpha value is -1.82. The second kappa shape index (κ2) is 5.44. The van der Waals surface area contributed by atoms with Crippen LogP contribution >= 0.6 is 11.6 Å². The summed E-state index contributed by atoms with van der Waals surface area (Å²) < 4.78 is 3.40. The van der Waals surface area contributed by atoms with Gasteiger partial charge in [-0.25, -0.2) is 0 Å². The van der Waals surface area contributed by atoms with Crippen molar-refractivity contribution in [2.75, 3.05) is 0 Å². The first-order valence-corrected chi connectivity index (χ1v) is 6.39. The van der Waals surface area contributed by atoms with Crippen LogP contribution in [0.15, 0.2) is 12.4 Å². The third-order valence-corrected chi connectivity index (χ3v) is 3.32. The van der Waals surface area contributed by atoms with Crippen molar-refractivity contribution in [3.63, 3.8) is 0 Å². The Kier molecular flexibility index (Phi) is 3.90. The number of aryl methyl sites for hydroxylation is 2. The molecular weight excluding hydrogens is 266 g/mol. The van der Waals surface area contributed by atoms with E-state index < -0.39 is 0 Å². The molecule has 19 heavy (non-hydrogen) atoms. The summed E-state index contributed by atoms with van der Waals surface area (Å²) in [6.07, 6.45) is 3.30. The number of halogens is 1. The standard InChI is InChI=1S/C12H16ClN5O/c1-4-18-7-10(13)11(16-18)6-14-12(19)9-5-15-17(3)8(9)2/h5,7H,4,6H2,1-3H3,(H,14,19). The Morgan fingerprint density at radius 1 is 1.53 bits per heavy atom. The maximum absolute atomic E-state index is 12.0. The van der Waals surface area contributed by atoms with Crippen LogP contribution < -0.4 is 5.32 Å². The van der Waals surface area contributed by atoms with Crippen molar-refractivity contribution in [2.45, 2.75) is 26.9 Å². The van der Waals surface area contributed by atoms with Gasteiger partial charge in [0.25, 0.3) is 5.91 Å². The maximum atomic E-state index is 12.0. The summed E-state index contributed by atoms with van der Waals surface area (Å²) in [5, 5.41) is 11.7. The van der Waals surface area contributed by atoms with E-state index in [9.17, 15) is 4.79 Å². The molecule has 0 bridgehead atoms. The summed E-state index contributed by atoms with van der Waals surface area (Å²) in [4.78, 5) is 12.0. The number of hydrogen-bond acceptors (Lipinski definition) is 3. The second-order valence-corrected chi connectivity index (χ2v) is 4.64. The first-order valence-electron chi connectivity index (χ1n) is 6.01. The molecule has 7 heteroatoms. The minimum atomic E-state index is -0.173. The minimum Gasteiger partial charge on any atom is -0.346 e. The molecule has 0 fully saturated rings. The summed E-state index contributed by atoms with van der Waals surface area (Å²) in [5.41, 5.74) is 2.05. The predicted octanol–water partition coefficient (Wildman–Crippen LogP) is 1.53. The van der Waals surface area contributed by atoms with Crippen molar-refractivity contribution < 1.29 is 4.79 Å². The van der Waals surface area contributed by atoms with Crippen LogP contribution in [0.5, 0.6) is 0 Å². The molecule has 0 saturated carbocycles. The van der Waals surface area contributed by atoms with Crippen molar-refractivity contribution in [2.24, 2.45) is 7.05 Å². The SMILES string of the molecule is CCn1cc(Cl)c(CNC(=O)c2cnn(C)c2C)n1. The third-order valence-electron chi connectivity index (χ3n) is 3.01. The van der Waals surface area contributed by atoms with Gasteiger partial charge in [0.1, 0.15) is 5.69 Å². The van der Waals surface area contributed by atoms with Gasteiger partial charge in [-0.1, -0.05) is 11.6 Å². The average Bonchev–Trinajstić information content (AvgIpc) is 2.91. The number of rotatable bonds is 4. The fourth-order valence-electron chi connectivity index (χ4n) is 1.70. The third kappa shape index (κ3) is 2.78. The van der Waals surface area contributed by atoms with E-state index >= 15 is 0 Å². The van der Waals surface area contributed by atoms with Gasteiger partial charge < -0.3 is 5.32 Å². The van der Waals surface area contributed by atoms with E-state index in [1.807, 2.05) is 13.8 Å². The lowest BCUT2D eigenvalue weighted by molar-refractivity contribution is 0.0949. The molecule has 0 radical (unpaired) electrons. The molecule has 102 valence electrons. The zero-order valence-electron chi connectivity index (χ0n) is 11.1. The number of nitrogens with one attached hydrogen (secondary N) is 1. The van der Waals surface area contributed by atoms with E-state index in [-0.39, 0.29) is 5.91 Å². The van der Waals surface area contributed by atoms with Gasteiger partial charge in [0.2, 0.25) is 0 Å². The van der Waals surface area contributed by atoms with E-state index in [0.29, 0.717) is 22.8 Å². The number of aromatic nitrogens is 4. The molecule has 2 aromatic heterocycles. The Balaban J connectivity index is 2.04. The number of nitrogens with zero attached hydrogens (tertiary/aromatic N) is 4. The Morgan fingerprint density at radius 2 is 2.26 bits per heavy atom. The highest BCUT2D eigenvalue weighted by atomic mass is 35.5. The normalized spacial score (nSPS) is 10.7. The topological polar surface area (TPSA) is 64.7 Å². The van der Waals surface area contributed by atoms with Gasteiger partial charge in [-0.2, -0.15) is 10.2 Å². The van der Waals surface area contributed by atoms with Gasteiger partial charge in [-0.3, -0.25) is 14.2 Å². The summed E-state index contributed by atoms with van der Waals surface area (Å²) in [6, 6.07) is 0. The lowest BCUT2D eigenvalue weighted by Crippen LogP contribution is -2.23. The van der Waals surface area contributed by atoms with E-state index in [1.54, 1.807) is 28.8 Å². The molecule has 2 heterocycles. The van der Waals surface area contributed by atoms with Crippen LogP contribution in [-0.4, -0.2) is 25.5 Å². The van der Waals surface area contributed by atoms with E-state index in [0.717, 1.165) is 12.2 Å². The fourth-order valence-corrected chi connectivity index (χ4v) is 1.92. The highest BCUT2D eigenvalue weighted by molar-refractivity contribution is 6.31.